The van der Waals surface area contributed by atoms with Crippen LogP contribution in [0.5, 0.6) is 0 Å². The summed E-state index contributed by atoms with van der Waals surface area (Å²) in [5.41, 5.74) is 2.52. The Morgan fingerprint density at radius 3 is 1.93 bits per heavy atom. The third-order valence-electron chi connectivity index (χ3n) is 1.65. The van der Waals surface area contributed by atoms with Crippen molar-refractivity contribution in [2.45, 2.75) is 53.9 Å². The van der Waals surface area contributed by atoms with E-state index in [9.17, 15) is 0 Å². The summed E-state index contributed by atoms with van der Waals surface area (Å²) in [6.07, 6.45) is 9.81. The quantitative estimate of drug-likeness (QED) is 0.534. The highest BCUT2D eigenvalue weighted by Gasteiger charge is 1.95. The molecule has 0 nitrogen and oxygen atoms in total. The molecule has 0 unspecified atom stereocenters. The molecule has 0 aliphatic rings. The van der Waals surface area contributed by atoms with Gasteiger partial charge < -0.3 is 0 Å². The monoisotopic (exact) mass is 194 g/mol. The largest absolute Gasteiger partial charge is 0.0915 e. The van der Waals surface area contributed by atoms with Crippen LogP contribution in [0.15, 0.2) is 36.0 Å². The van der Waals surface area contributed by atoms with Gasteiger partial charge in [-0.2, -0.15) is 0 Å². The van der Waals surface area contributed by atoms with Crippen molar-refractivity contribution in [3.05, 3.63) is 36.0 Å². The lowest BCUT2D eigenvalue weighted by atomic mass is 10.0. The van der Waals surface area contributed by atoms with E-state index >= 15 is 0 Å². The molecule has 14 heavy (non-hydrogen) atoms. The molecule has 0 aliphatic heterocycles. The normalized spacial score (nSPS) is 11.1. The van der Waals surface area contributed by atoms with Gasteiger partial charge in [0.15, 0.2) is 0 Å². The third kappa shape index (κ3) is 9.31. The van der Waals surface area contributed by atoms with Crippen LogP contribution in [0.2, 0.25) is 0 Å². The first-order chi connectivity index (χ1) is 6.67. The van der Waals surface area contributed by atoms with Crippen LogP contribution in [0, 0.1) is 0 Å². The molecule has 0 saturated carbocycles. The van der Waals surface area contributed by atoms with Gasteiger partial charge in [-0.05, 0) is 31.4 Å². The Morgan fingerprint density at radius 1 is 1.14 bits per heavy atom. The van der Waals surface area contributed by atoms with E-state index in [4.69, 9.17) is 0 Å². The molecule has 0 rings (SSSR count). The van der Waals surface area contributed by atoms with Crippen molar-refractivity contribution < 1.29 is 0 Å². The van der Waals surface area contributed by atoms with E-state index in [2.05, 4.69) is 46.4 Å². The molecule has 82 valence electrons. The predicted octanol–water partition coefficient (Wildman–Crippen LogP) is 5.28. The smallest absolute Gasteiger partial charge is 0.0279 e. The Hall–Kier alpha value is -0.780. The summed E-state index contributed by atoms with van der Waals surface area (Å²) < 4.78 is 0. The van der Waals surface area contributed by atoms with Crippen LogP contribution in [-0.2, 0) is 0 Å². The van der Waals surface area contributed by atoms with Crippen LogP contribution in [0.4, 0.5) is 0 Å². The van der Waals surface area contributed by atoms with E-state index in [1.165, 1.54) is 18.4 Å². The zero-order valence-corrected chi connectivity index (χ0v) is 10.6. The van der Waals surface area contributed by atoms with Crippen LogP contribution in [0.25, 0.3) is 0 Å². The Kier molecular flexibility index (Phi) is 13.7. The lowest BCUT2D eigenvalue weighted by molar-refractivity contribution is 0.916. The highest BCUT2D eigenvalue weighted by Crippen LogP contribution is 2.14. The molecule has 0 fully saturated rings. The van der Waals surface area contributed by atoms with Crippen molar-refractivity contribution in [2.75, 3.05) is 0 Å². The third-order valence-corrected chi connectivity index (χ3v) is 1.65. The number of hydrogen-bond acceptors (Lipinski definition) is 0. The lowest BCUT2D eigenvalue weighted by Gasteiger charge is -2.03. The van der Waals surface area contributed by atoms with Crippen molar-refractivity contribution in [3.8, 4) is 0 Å². The summed E-state index contributed by atoms with van der Waals surface area (Å²) in [6.45, 7) is 14.5. The van der Waals surface area contributed by atoms with Crippen molar-refractivity contribution in [2.24, 2.45) is 0 Å². The van der Waals surface area contributed by atoms with Gasteiger partial charge in [0.05, 0.1) is 0 Å². The van der Waals surface area contributed by atoms with Crippen molar-refractivity contribution in [1.82, 2.24) is 0 Å². The number of hydrogen-bond donors (Lipinski definition) is 0. The van der Waals surface area contributed by atoms with Gasteiger partial charge in [-0.3, -0.25) is 0 Å². The SMILES string of the molecule is C=C(/C=C\C)/C(=C\C)CCC.CCC. The summed E-state index contributed by atoms with van der Waals surface area (Å²) in [5, 5.41) is 0. The molecule has 0 bridgehead atoms. The number of allylic oxidation sites excluding steroid dienone is 5. The van der Waals surface area contributed by atoms with E-state index in [0.717, 1.165) is 12.0 Å². The maximum atomic E-state index is 3.98. The molecule has 0 aromatic heterocycles. The molecule has 0 atom stereocenters. The van der Waals surface area contributed by atoms with Crippen LogP contribution in [-0.4, -0.2) is 0 Å². The molecular formula is C14H26. The first kappa shape index (κ1) is 15.7. The summed E-state index contributed by atoms with van der Waals surface area (Å²) in [5.74, 6) is 0. The minimum absolute atomic E-state index is 1.14. The van der Waals surface area contributed by atoms with Gasteiger partial charge in [0.1, 0.15) is 0 Å². The fraction of sp³-hybridized carbons (Fsp3) is 0.571. The summed E-state index contributed by atoms with van der Waals surface area (Å²) >= 11 is 0. The highest BCUT2D eigenvalue weighted by molar-refractivity contribution is 5.36. The van der Waals surface area contributed by atoms with Gasteiger partial charge in [-0.15, -0.1) is 0 Å². The molecule has 0 heterocycles. The maximum absolute atomic E-state index is 3.98. The first-order valence-corrected chi connectivity index (χ1v) is 5.64. The molecule has 0 saturated heterocycles. The van der Waals surface area contributed by atoms with E-state index in [1.54, 1.807) is 0 Å². The zero-order valence-electron chi connectivity index (χ0n) is 10.6. The molecule has 0 amide bonds. The van der Waals surface area contributed by atoms with Crippen molar-refractivity contribution >= 4 is 0 Å². The van der Waals surface area contributed by atoms with Gasteiger partial charge in [0.25, 0.3) is 0 Å². The van der Waals surface area contributed by atoms with Crippen molar-refractivity contribution in [3.63, 3.8) is 0 Å². The molecule has 0 heteroatoms. The topological polar surface area (TPSA) is 0 Å². The molecule has 0 aliphatic carbocycles. The van der Waals surface area contributed by atoms with Gasteiger partial charge in [-0.25, -0.2) is 0 Å². The van der Waals surface area contributed by atoms with Gasteiger partial charge in [0, 0.05) is 0 Å². The van der Waals surface area contributed by atoms with E-state index < -0.39 is 0 Å². The fourth-order valence-corrected chi connectivity index (χ4v) is 1.07. The molecule has 0 aromatic rings. The van der Waals surface area contributed by atoms with Crippen LogP contribution >= 0.6 is 0 Å². The van der Waals surface area contributed by atoms with Crippen LogP contribution in [0.3, 0.4) is 0 Å². The Labute approximate surface area is 90.4 Å². The predicted molar refractivity (Wildman–Crippen MR) is 68.6 cm³/mol. The second-order valence-electron chi connectivity index (χ2n) is 3.30. The maximum Gasteiger partial charge on any atom is -0.0279 e. The van der Waals surface area contributed by atoms with E-state index in [1.807, 2.05) is 13.0 Å². The van der Waals surface area contributed by atoms with Gasteiger partial charge >= 0.3 is 0 Å². The van der Waals surface area contributed by atoms with Gasteiger partial charge in [0.2, 0.25) is 0 Å². The second kappa shape index (κ2) is 12.2. The molecular weight excluding hydrogens is 168 g/mol. The lowest BCUT2D eigenvalue weighted by Crippen LogP contribution is -1.83. The Morgan fingerprint density at radius 2 is 1.64 bits per heavy atom. The van der Waals surface area contributed by atoms with E-state index in [-0.39, 0.29) is 0 Å². The fourth-order valence-electron chi connectivity index (χ4n) is 1.07. The summed E-state index contributed by atoms with van der Waals surface area (Å²) in [7, 11) is 0. The second-order valence-corrected chi connectivity index (χ2v) is 3.30. The molecule has 0 N–H and O–H groups in total. The summed E-state index contributed by atoms with van der Waals surface area (Å²) in [4.78, 5) is 0. The standard InChI is InChI=1S/C11H18.C3H8/c1-5-8-10(4)11(7-3)9-6-2;1-3-2/h5,7-8H,4,6,9H2,1-3H3;3H2,1-2H3/b8-5-,11-7-;. The number of rotatable bonds is 4. The Bertz CT molecular complexity index is 182. The first-order valence-electron chi connectivity index (χ1n) is 5.64. The average molecular weight is 194 g/mol. The minimum atomic E-state index is 1.14. The Balaban J connectivity index is 0. The highest BCUT2D eigenvalue weighted by atomic mass is 14.0. The van der Waals surface area contributed by atoms with Gasteiger partial charge in [-0.1, -0.05) is 58.4 Å². The average Bonchev–Trinajstić information content (AvgIpc) is 2.15. The molecule has 0 aromatic carbocycles. The molecule has 0 radical (unpaired) electrons. The van der Waals surface area contributed by atoms with Crippen molar-refractivity contribution in [1.29, 1.82) is 0 Å². The summed E-state index contributed by atoms with van der Waals surface area (Å²) in [6, 6.07) is 0. The molecule has 0 spiro atoms. The minimum Gasteiger partial charge on any atom is -0.0915 e. The van der Waals surface area contributed by atoms with Crippen LogP contribution < -0.4 is 0 Å². The van der Waals surface area contributed by atoms with E-state index in [0.29, 0.717) is 0 Å². The van der Waals surface area contributed by atoms with Crippen LogP contribution in [0.1, 0.15) is 53.9 Å². The zero-order chi connectivity index (χ0) is 11.4.